The first-order valence-electron chi connectivity index (χ1n) is 40.8. The van der Waals surface area contributed by atoms with Gasteiger partial charge in [0.25, 0.3) is 0 Å². The molecule has 15 nitrogen and oxygen atoms in total. The van der Waals surface area contributed by atoms with Crippen molar-refractivity contribution in [1.82, 2.24) is 39.2 Å². The van der Waals surface area contributed by atoms with Crippen molar-refractivity contribution >= 4 is 76.1 Å². The molecule has 6 aliphatic carbocycles. The first-order chi connectivity index (χ1) is 51.6. The summed E-state index contributed by atoms with van der Waals surface area (Å²) in [7, 11) is 7.85. The molecule has 11 aliphatic rings. The van der Waals surface area contributed by atoms with Crippen molar-refractivity contribution < 1.29 is 33.4 Å². The van der Waals surface area contributed by atoms with Gasteiger partial charge in [-0.2, -0.15) is 0 Å². The number of aryl methyl sites for hydroxylation is 3. The molecule has 16 rings (SSSR count). The van der Waals surface area contributed by atoms with E-state index < -0.39 is 11.0 Å². The van der Waals surface area contributed by atoms with Crippen molar-refractivity contribution in [2.75, 3.05) is 80.5 Å². The van der Waals surface area contributed by atoms with Gasteiger partial charge < -0.3 is 33.9 Å². The van der Waals surface area contributed by atoms with E-state index in [2.05, 4.69) is 38.7 Å². The lowest BCUT2D eigenvalue weighted by molar-refractivity contribution is -0.200. The molecule has 5 aliphatic heterocycles. The highest BCUT2D eigenvalue weighted by Crippen LogP contribution is 2.65. The first-order valence-corrected chi connectivity index (χ1v) is 42.3. The van der Waals surface area contributed by atoms with Gasteiger partial charge in [0.2, 0.25) is 23.6 Å². The number of rotatable bonds is 17. The second-order valence-electron chi connectivity index (χ2n) is 33.4. The number of hydrogen-bond acceptors (Lipinski definition) is 11. The monoisotopic (exact) mass is 1540 g/mol. The van der Waals surface area contributed by atoms with Crippen LogP contribution >= 0.6 is 46.4 Å². The highest BCUT2D eigenvalue weighted by molar-refractivity contribution is 6.42. The van der Waals surface area contributed by atoms with Crippen LogP contribution in [0.1, 0.15) is 198 Å². The Bertz CT molecular complexity index is 3680. The third-order valence-electron chi connectivity index (χ3n) is 26.8. The van der Waals surface area contributed by atoms with Crippen LogP contribution < -0.4 is 4.74 Å². The van der Waals surface area contributed by atoms with Crippen LogP contribution in [0.2, 0.25) is 20.1 Å². The molecule has 11 atom stereocenters. The zero-order valence-corrected chi connectivity index (χ0v) is 67.8. The Morgan fingerprint density at radius 3 is 1.48 bits per heavy atom. The number of amides is 4. The van der Waals surface area contributed by atoms with Crippen LogP contribution in [-0.2, 0) is 50.3 Å². The highest BCUT2D eigenvalue weighted by atomic mass is 35.5. The van der Waals surface area contributed by atoms with Gasteiger partial charge in [-0.15, -0.1) is 0 Å². The summed E-state index contributed by atoms with van der Waals surface area (Å²) in [4.78, 5) is 70.0. The minimum absolute atomic E-state index is 0.0664. The molecule has 19 heteroatoms. The number of likely N-dealkylation sites (tertiary alicyclic amines) is 4. The lowest BCUT2D eigenvalue weighted by atomic mass is 9.48. The van der Waals surface area contributed by atoms with Gasteiger partial charge in [-0.25, -0.2) is 0 Å². The van der Waals surface area contributed by atoms with E-state index >= 15 is 0 Å². The quantitative estimate of drug-likeness (QED) is 0.0891. The van der Waals surface area contributed by atoms with Gasteiger partial charge in [0.15, 0.2) is 0 Å². The molecule has 580 valence electrons. The number of ether oxygens (including phenoxy) is 1. The van der Waals surface area contributed by atoms with Gasteiger partial charge >= 0.3 is 0 Å². The average Bonchev–Trinajstić information content (AvgIpc) is 1.56. The summed E-state index contributed by atoms with van der Waals surface area (Å²) in [5.41, 5.74) is 7.49. The van der Waals surface area contributed by atoms with Gasteiger partial charge in [0, 0.05) is 98.7 Å². The fourth-order valence-electron chi connectivity index (χ4n) is 20.6. The van der Waals surface area contributed by atoms with Crippen LogP contribution in [0.5, 0.6) is 5.75 Å². The van der Waals surface area contributed by atoms with Crippen molar-refractivity contribution in [3.8, 4) is 5.75 Å². The Balaban J connectivity index is 0.000000128. The lowest BCUT2D eigenvalue weighted by Crippen LogP contribution is -2.78. The van der Waals surface area contributed by atoms with Gasteiger partial charge in [0.05, 0.1) is 52.6 Å². The van der Waals surface area contributed by atoms with E-state index in [-0.39, 0.29) is 41.8 Å². The number of benzene rings is 4. The molecule has 107 heavy (non-hydrogen) atoms. The van der Waals surface area contributed by atoms with Gasteiger partial charge in [-0.1, -0.05) is 127 Å². The summed E-state index contributed by atoms with van der Waals surface area (Å²) < 4.78 is 12.2. The van der Waals surface area contributed by atoms with E-state index in [0.717, 1.165) is 107 Å². The maximum atomic E-state index is 13.2. The van der Waals surface area contributed by atoms with Crippen LogP contribution in [0.25, 0.3) is 6.08 Å². The minimum atomic E-state index is -0.832. The van der Waals surface area contributed by atoms with Gasteiger partial charge in [-0.05, 0) is 269 Å². The molecule has 1 spiro atoms. The number of furan rings is 1. The predicted octanol–water partition coefficient (Wildman–Crippen LogP) is 16.2. The molecule has 5 saturated carbocycles. The van der Waals surface area contributed by atoms with E-state index in [1.807, 2.05) is 116 Å². The summed E-state index contributed by atoms with van der Waals surface area (Å²) in [5.74, 6) is 2.95. The second kappa shape index (κ2) is 35.5. The highest BCUT2D eigenvalue weighted by Gasteiger charge is 2.73. The zero-order chi connectivity index (χ0) is 75.3. The summed E-state index contributed by atoms with van der Waals surface area (Å²) >= 11 is 24.3. The molecule has 5 aromatic rings. The van der Waals surface area contributed by atoms with Crippen LogP contribution in [0.3, 0.4) is 0 Å². The van der Waals surface area contributed by atoms with Crippen LogP contribution in [0, 0.1) is 26.7 Å². The summed E-state index contributed by atoms with van der Waals surface area (Å²) in [6.07, 6.45) is 34.3. The number of halogens is 4. The predicted molar refractivity (Wildman–Crippen MR) is 431 cm³/mol. The standard InChI is InChI=1S/C29H34N2O4.2C20H29ClN2O.C19H26Cl2N2O/c1-18-5-8-20-16-23-29(33)12-11-22(30(2)24(32)10-9-21-4-3-15-34-21)27-28(29,25(20)26(18)35-27)13-14-31(23)17-19-6-7-19;1-15-13-16(9-10-17(15)21)14-20(24)22(2)18-7-3-4-8-19(18)23-11-5-6-12-23;1-15-9-10-16(13-17(15)21)14-20(24)22(2)18-7-3-4-8-19(18)23-11-5-6-12-23;1-22(19(24)13-14-8-9-15(20)16(21)12-14)17-6-2-3-7-18(17)23-10-4-5-11-23/h3-5,8-10,15,19,22-23,27,33H,6-7,11-14,16-17H2,1-2H3;2*9-10,13,18-19H,3-8,11-12,14H2,1-2H3;8-9,12,17-18H,2-7,10-11,13H2,1H3/b10-9+;;;. The maximum Gasteiger partial charge on any atom is 0.246 e. The molecule has 1 N–H and O–H groups in total. The number of nitrogens with zero attached hydrogens (tertiary/aromatic N) is 8. The Labute approximate surface area is 657 Å². The largest absolute Gasteiger partial charge is 0.487 e. The fourth-order valence-corrected chi connectivity index (χ4v) is 21.3. The fraction of sp³-hybridized carbons (Fsp3) is 0.614. The average molecular weight is 1540 g/mol. The lowest BCUT2D eigenvalue weighted by Gasteiger charge is -2.64. The molecule has 4 amide bonds. The van der Waals surface area contributed by atoms with E-state index in [0.29, 0.717) is 77.7 Å². The molecule has 9 fully saturated rings. The smallest absolute Gasteiger partial charge is 0.246 e. The van der Waals surface area contributed by atoms with Crippen LogP contribution in [0.4, 0.5) is 0 Å². The molecule has 11 unspecified atom stereocenters. The van der Waals surface area contributed by atoms with Crippen LogP contribution in [0.15, 0.2) is 95.6 Å². The molecule has 0 radical (unpaired) electrons. The topological polar surface area (TPSA) is 137 Å². The van der Waals surface area contributed by atoms with E-state index in [1.54, 1.807) is 30.5 Å². The van der Waals surface area contributed by atoms with Crippen LogP contribution in [-0.4, -0.2) is 209 Å². The van der Waals surface area contributed by atoms with Crippen molar-refractivity contribution in [2.24, 2.45) is 5.92 Å². The Kier molecular flexibility index (Phi) is 26.4. The molecule has 4 saturated heterocycles. The number of aliphatic hydroxyl groups is 1. The number of piperidine rings is 1. The van der Waals surface area contributed by atoms with Crippen molar-refractivity contribution in [3.63, 3.8) is 0 Å². The number of carbonyl (C=O) groups is 4. The molecule has 1 aromatic heterocycles. The van der Waals surface area contributed by atoms with Crippen molar-refractivity contribution in [2.45, 2.75) is 260 Å². The minimum Gasteiger partial charge on any atom is -0.487 e. The Morgan fingerprint density at radius 2 is 0.991 bits per heavy atom. The summed E-state index contributed by atoms with van der Waals surface area (Å²) in [5, 5.41) is 15.2. The van der Waals surface area contributed by atoms with Crippen molar-refractivity contribution in [1.29, 1.82) is 0 Å². The molecular weight excluding hydrogens is 1420 g/mol. The normalized spacial score (nSPS) is 28.3. The van der Waals surface area contributed by atoms with Gasteiger partial charge in [0.1, 0.15) is 17.6 Å². The number of hydrogen-bond donors (Lipinski definition) is 1. The maximum absolute atomic E-state index is 13.2. The molecule has 2 bridgehead atoms. The Morgan fingerprint density at radius 1 is 0.505 bits per heavy atom. The van der Waals surface area contributed by atoms with Gasteiger partial charge in [-0.3, -0.25) is 38.8 Å². The molecule has 6 heterocycles. The molecule has 4 aromatic carbocycles. The zero-order valence-electron chi connectivity index (χ0n) is 64.7. The second-order valence-corrected chi connectivity index (χ2v) is 35.1. The summed E-state index contributed by atoms with van der Waals surface area (Å²) in [6.45, 7) is 15.4. The van der Waals surface area contributed by atoms with E-state index in [1.165, 1.54) is 160 Å². The van der Waals surface area contributed by atoms with Crippen molar-refractivity contribution in [3.05, 3.63) is 162 Å². The number of likely N-dealkylation sites (N-methyl/N-ethyl adjacent to an activating group) is 4. The molecular formula is C88H118Cl4N8O7. The third kappa shape index (κ3) is 17.7. The van der Waals surface area contributed by atoms with E-state index in [4.69, 9.17) is 55.6 Å². The SMILES string of the molecule is CN(C(=O)Cc1ccc(Cl)c(Cl)c1)C1CCCCC1N1CCCC1.Cc1cc(CC(=O)N(C)C2CCCCC2N2CCCC2)ccc1Cl.Cc1ccc(CC(=O)N(C)C2CCCCC2N2CCCC2)cc1Cl.Cc1ccc2c3c1OC1C(N(C)C(=O)/C=C/c4ccco4)CCC4(O)C(C2)N(CC2CC2)CCC314. The first kappa shape index (κ1) is 79.6. The Hall–Kier alpha value is -5.46. The third-order valence-corrected chi connectivity index (χ3v) is 28.4. The van der Waals surface area contributed by atoms with E-state index in [9.17, 15) is 24.3 Å². The number of carbonyl (C=O) groups excluding carboxylic acids is 4. The summed E-state index contributed by atoms with van der Waals surface area (Å²) in [6, 6.07) is 28.1.